The van der Waals surface area contributed by atoms with Crippen LogP contribution in [0.15, 0.2) is 26.8 Å². The van der Waals surface area contributed by atoms with Crippen molar-refractivity contribution in [2.75, 3.05) is 13.2 Å². The van der Waals surface area contributed by atoms with Gasteiger partial charge >= 0.3 is 11.4 Å². The summed E-state index contributed by atoms with van der Waals surface area (Å²) < 4.78 is 10.8. The molecule has 1 aromatic heterocycles. The zero-order chi connectivity index (χ0) is 22.3. The standard InChI is InChI=1S/C18H21N5O7/c1-4-29-14-8-15(30-5-2)13(23(27)28)6-11(14)9-19-22-16(24)7-12-10(3)20-18(26)21-17(12)25/h6,8-9H,4-5,7H2,1-3H3,(H,22,24)(H2,20,21,25,26)/b19-9-. The molecule has 2 rings (SSSR count). The van der Waals surface area contributed by atoms with Crippen LogP contribution in [0, 0.1) is 17.0 Å². The van der Waals surface area contributed by atoms with Gasteiger partial charge in [-0.2, -0.15) is 5.10 Å². The van der Waals surface area contributed by atoms with Crippen LogP contribution in [0.4, 0.5) is 5.69 Å². The predicted octanol–water partition coefficient (Wildman–Crippen LogP) is 0.770. The first-order chi connectivity index (χ1) is 14.3. The predicted molar refractivity (Wildman–Crippen MR) is 107 cm³/mol. The highest BCUT2D eigenvalue weighted by Gasteiger charge is 2.20. The number of nitrogens with one attached hydrogen (secondary N) is 3. The van der Waals surface area contributed by atoms with Crippen LogP contribution in [0.3, 0.4) is 0 Å². The average Bonchev–Trinajstić information content (AvgIpc) is 2.66. The van der Waals surface area contributed by atoms with Crippen molar-refractivity contribution in [1.29, 1.82) is 0 Å². The van der Waals surface area contributed by atoms with Crippen molar-refractivity contribution in [3.05, 3.63) is 59.9 Å². The first-order valence-electron chi connectivity index (χ1n) is 8.98. The molecule has 0 atom stereocenters. The molecule has 1 amide bonds. The molecule has 160 valence electrons. The summed E-state index contributed by atoms with van der Waals surface area (Å²) in [6.07, 6.45) is 0.868. The molecule has 12 heteroatoms. The van der Waals surface area contributed by atoms with E-state index in [-0.39, 0.29) is 47.0 Å². The number of rotatable bonds is 9. The highest BCUT2D eigenvalue weighted by atomic mass is 16.6. The van der Waals surface area contributed by atoms with Gasteiger partial charge in [0.25, 0.3) is 5.56 Å². The minimum Gasteiger partial charge on any atom is -0.493 e. The average molecular weight is 419 g/mol. The third-order valence-electron chi connectivity index (χ3n) is 3.87. The van der Waals surface area contributed by atoms with Gasteiger partial charge in [-0.15, -0.1) is 0 Å². The molecule has 0 aliphatic carbocycles. The number of nitro benzene ring substituents is 1. The Hall–Kier alpha value is -3.96. The number of amides is 1. The number of aryl methyl sites for hydroxylation is 1. The van der Waals surface area contributed by atoms with Crippen LogP contribution < -0.4 is 26.1 Å². The van der Waals surface area contributed by atoms with Crippen LogP contribution in [-0.4, -0.2) is 40.2 Å². The lowest BCUT2D eigenvalue weighted by Crippen LogP contribution is -2.30. The lowest BCUT2D eigenvalue weighted by atomic mass is 10.1. The maximum absolute atomic E-state index is 12.1. The van der Waals surface area contributed by atoms with E-state index in [1.807, 2.05) is 4.98 Å². The van der Waals surface area contributed by atoms with Crippen LogP contribution in [0.25, 0.3) is 0 Å². The number of hydrogen-bond acceptors (Lipinski definition) is 8. The van der Waals surface area contributed by atoms with Crippen LogP contribution in [0.1, 0.15) is 30.7 Å². The largest absolute Gasteiger partial charge is 0.493 e. The van der Waals surface area contributed by atoms with Crippen LogP contribution >= 0.6 is 0 Å². The van der Waals surface area contributed by atoms with E-state index in [1.54, 1.807) is 13.8 Å². The summed E-state index contributed by atoms with van der Waals surface area (Å²) in [6, 6.07) is 2.61. The summed E-state index contributed by atoms with van der Waals surface area (Å²) in [7, 11) is 0. The van der Waals surface area contributed by atoms with Gasteiger partial charge < -0.3 is 14.5 Å². The normalized spacial score (nSPS) is 10.8. The Kier molecular flexibility index (Phi) is 7.44. The molecule has 1 aromatic carbocycles. The van der Waals surface area contributed by atoms with Crippen molar-refractivity contribution in [1.82, 2.24) is 15.4 Å². The maximum Gasteiger partial charge on any atom is 0.325 e. The van der Waals surface area contributed by atoms with Crippen LogP contribution in [0.2, 0.25) is 0 Å². The zero-order valence-corrected chi connectivity index (χ0v) is 16.6. The molecule has 0 fully saturated rings. The number of carbonyl (C=O) groups is 1. The van der Waals surface area contributed by atoms with Gasteiger partial charge in [0.05, 0.1) is 30.8 Å². The van der Waals surface area contributed by atoms with Crippen LogP contribution in [-0.2, 0) is 11.2 Å². The molecule has 1 heterocycles. The molecular weight excluding hydrogens is 398 g/mol. The van der Waals surface area contributed by atoms with E-state index >= 15 is 0 Å². The van der Waals surface area contributed by atoms with Gasteiger partial charge in [-0.25, -0.2) is 10.2 Å². The number of aromatic nitrogens is 2. The Labute approximate surface area is 170 Å². The Bertz CT molecular complexity index is 1090. The summed E-state index contributed by atoms with van der Waals surface area (Å²) in [5, 5.41) is 15.1. The summed E-state index contributed by atoms with van der Waals surface area (Å²) in [5.41, 5.74) is 1.24. The molecule has 2 aromatic rings. The molecule has 0 bridgehead atoms. The molecule has 0 aliphatic rings. The first-order valence-corrected chi connectivity index (χ1v) is 8.98. The van der Waals surface area contributed by atoms with E-state index < -0.39 is 22.1 Å². The number of H-pyrrole nitrogens is 2. The fourth-order valence-electron chi connectivity index (χ4n) is 2.57. The minimum atomic E-state index is -0.670. The second-order valence-electron chi connectivity index (χ2n) is 5.96. The fourth-order valence-corrected chi connectivity index (χ4v) is 2.57. The highest BCUT2D eigenvalue weighted by molar-refractivity contribution is 5.87. The fraction of sp³-hybridized carbons (Fsp3) is 0.333. The third-order valence-corrected chi connectivity index (χ3v) is 3.87. The molecule has 0 unspecified atom stereocenters. The van der Waals surface area contributed by atoms with Crippen molar-refractivity contribution in [2.24, 2.45) is 5.10 Å². The van der Waals surface area contributed by atoms with E-state index in [2.05, 4.69) is 15.5 Å². The molecule has 0 saturated heterocycles. The maximum atomic E-state index is 12.1. The summed E-state index contributed by atoms with van der Waals surface area (Å²) >= 11 is 0. The minimum absolute atomic E-state index is 0.0555. The summed E-state index contributed by atoms with van der Waals surface area (Å²) in [5.74, 6) is -0.275. The Balaban J connectivity index is 2.23. The highest BCUT2D eigenvalue weighted by Crippen LogP contribution is 2.34. The van der Waals surface area contributed by atoms with Crippen LogP contribution in [0.5, 0.6) is 11.5 Å². The monoisotopic (exact) mass is 419 g/mol. The van der Waals surface area contributed by atoms with Gasteiger partial charge in [0.1, 0.15) is 5.75 Å². The molecule has 0 aliphatic heterocycles. The summed E-state index contributed by atoms with van der Waals surface area (Å²) in [6.45, 7) is 5.47. The first kappa shape index (κ1) is 22.3. The number of nitro groups is 1. The van der Waals surface area contributed by atoms with E-state index in [0.29, 0.717) is 6.61 Å². The van der Waals surface area contributed by atoms with E-state index in [9.17, 15) is 24.5 Å². The van der Waals surface area contributed by atoms with Gasteiger partial charge in [0.2, 0.25) is 11.7 Å². The Morgan fingerprint density at radius 1 is 1.20 bits per heavy atom. The van der Waals surface area contributed by atoms with Crippen molar-refractivity contribution in [3.8, 4) is 11.5 Å². The molecular formula is C18H21N5O7. The van der Waals surface area contributed by atoms with Gasteiger partial charge in [-0.1, -0.05) is 0 Å². The number of hydrogen-bond donors (Lipinski definition) is 3. The quantitative estimate of drug-likeness (QED) is 0.306. The number of benzene rings is 1. The number of aromatic amines is 2. The lowest BCUT2D eigenvalue weighted by molar-refractivity contribution is -0.385. The van der Waals surface area contributed by atoms with E-state index in [1.165, 1.54) is 25.3 Å². The second-order valence-corrected chi connectivity index (χ2v) is 5.96. The van der Waals surface area contributed by atoms with Crippen molar-refractivity contribution < 1.29 is 19.2 Å². The number of ether oxygens (including phenoxy) is 2. The molecule has 3 N–H and O–H groups in total. The van der Waals surface area contributed by atoms with Gasteiger partial charge in [0.15, 0.2) is 0 Å². The molecule has 0 saturated carbocycles. The van der Waals surface area contributed by atoms with Crippen molar-refractivity contribution >= 4 is 17.8 Å². The topological polar surface area (TPSA) is 169 Å². The van der Waals surface area contributed by atoms with Crippen molar-refractivity contribution in [2.45, 2.75) is 27.2 Å². The second kappa shape index (κ2) is 10.0. The molecule has 0 radical (unpaired) electrons. The van der Waals surface area contributed by atoms with Gasteiger partial charge in [-0.05, 0) is 20.8 Å². The summed E-state index contributed by atoms with van der Waals surface area (Å²) in [4.78, 5) is 50.2. The van der Waals surface area contributed by atoms with Crippen molar-refractivity contribution in [3.63, 3.8) is 0 Å². The molecule has 0 spiro atoms. The SMILES string of the molecule is CCOc1cc(OCC)c([N+](=O)[O-])cc1/C=N\NC(=O)Cc1c(C)[nH]c(=O)[nH]c1=O. The molecule has 12 nitrogen and oxygen atoms in total. The third kappa shape index (κ3) is 5.53. The molecule has 30 heavy (non-hydrogen) atoms. The lowest BCUT2D eigenvalue weighted by Gasteiger charge is -2.10. The number of carbonyl (C=O) groups excluding carboxylic acids is 1. The zero-order valence-electron chi connectivity index (χ0n) is 16.6. The Morgan fingerprint density at radius 3 is 2.47 bits per heavy atom. The smallest absolute Gasteiger partial charge is 0.325 e. The van der Waals surface area contributed by atoms with Gasteiger partial charge in [-0.3, -0.25) is 24.7 Å². The Morgan fingerprint density at radius 2 is 1.87 bits per heavy atom. The number of hydrazone groups is 1. The van der Waals surface area contributed by atoms with E-state index in [4.69, 9.17) is 9.47 Å². The van der Waals surface area contributed by atoms with Gasteiger partial charge in [0, 0.05) is 29.0 Å². The van der Waals surface area contributed by atoms with E-state index in [0.717, 1.165) is 0 Å². The number of nitrogens with zero attached hydrogens (tertiary/aromatic N) is 2.